The first-order chi connectivity index (χ1) is 19.5. The second kappa shape index (κ2) is 12.5. The first-order valence-corrected chi connectivity index (χ1v) is 13.9. The highest BCUT2D eigenvalue weighted by Gasteiger charge is 2.46. The summed E-state index contributed by atoms with van der Waals surface area (Å²) in [6.45, 7) is 8.77. The fourth-order valence-electron chi connectivity index (χ4n) is 5.33. The third-order valence-corrected chi connectivity index (χ3v) is 7.45. The Morgan fingerprint density at radius 3 is 2.48 bits per heavy atom. The van der Waals surface area contributed by atoms with Crippen LogP contribution in [0.15, 0.2) is 66.4 Å². The monoisotopic (exact) mass is 544 g/mol. The van der Waals surface area contributed by atoms with E-state index in [1.807, 2.05) is 68.4 Å². The van der Waals surface area contributed by atoms with Crippen LogP contribution in [-0.2, 0) is 14.3 Å². The average molecular weight is 545 g/mol. The van der Waals surface area contributed by atoms with Gasteiger partial charge < -0.3 is 19.5 Å². The normalized spacial score (nSPS) is 19.4. The van der Waals surface area contributed by atoms with E-state index in [-0.39, 0.29) is 11.3 Å². The summed E-state index contributed by atoms with van der Waals surface area (Å²) >= 11 is 0. The molecule has 3 heterocycles. The summed E-state index contributed by atoms with van der Waals surface area (Å²) in [6, 6.07) is 16.3. The van der Waals surface area contributed by atoms with Crippen LogP contribution in [0.4, 0.5) is 0 Å². The highest BCUT2D eigenvalue weighted by atomic mass is 16.5. The molecule has 210 valence electrons. The zero-order chi connectivity index (χ0) is 28.1. The smallest absolute Gasteiger partial charge is 0.295 e. The number of aliphatic hydroxyl groups is 1. The molecule has 0 bridgehead atoms. The number of amides is 1. The third kappa shape index (κ3) is 5.66. The molecule has 2 aromatic carbocycles. The van der Waals surface area contributed by atoms with Gasteiger partial charge in [-0.25, -0.2) is 4.68 Å². The number of likely N-dealkylation sites (tertiary alicyclic amines) is 1. The average Bonchev–Trinajstić information content (AvgIpc) is 3.49. The van der Waals surface area contributed by atoms with Crippen LogP contribution in [0.2, 0.25) is 0 Å². The van der Waals surface area contributed by atoms with Gasteiger partial charge in [0.05, 0.1) is 54.6 Å². The molecule has 3 aromatic rings. The van der Waals surface area contributed by atoms with Gasteiger partial charge in [-0.2, -0.15) is 5.10 Å². The fourth-order valence-corrected chi connectivity index (χ4v) is 5.33. The molecule has 2 aliphatic heterocycles. The van der Waals surface area contributed by atoms with Crippen LogP contribution in [0.3, 0.4) is 0 Å². The number of carbonyl (C=O) groups is 2. The predicted octanol–water partition coefficient (Wildman–Crippen LogP) is 4.11. The molecular weight excluding hydrogens is 508 g/mol. The Morgan fingerprint density at radius 2 is 1.77 bits per heavy atom. The molecule has 2 fully saturated rings. The topological polar surface area (TPSA) is 97.1 Å². The first kappa shape index (κ1) is 27.6. The fraction of sp³-hybridized carbons (Fsp3) is 0.387. The van der Waals surface area contributed by atoms with Crippen molar-refractivity contribution in [3.63, 3.8) is 0 Å². The minimum Gasteiger partial charge on any atom is -0.507 e. The molecule has 2 aliphatic rings. The summed E-state index contributed by atoms with van der Waals surface area (Å²) in [7, 11) is 0. The minimum absolute atomic E-state index is 0.0781. The Bertz CT molecular complexity index is 1360. The van der Waals surface area contributed by atoms with E-state index in [2.05, 4.69) is 10.00 Å². The van der Waals surface area contributed by atoms with Crippen LogP contribution in [0.25, 0.3) is 11.4 Å². The van der Waals surface area contributed by atoms with Crippen molar-refractivity contribution in [1.82, 2.24) is 19.6 Å². The molecule has 0 spiro atoms. The second-order valence-corrected chi connectivity index (χ2v) is 10.1. The van der Waals surface area contributed by atoms with Gasteiger partial charge in [0.15, 0.2) is 0 Å². The highest BCUT2D eigenvalue weighted by molar-refractivity contribution is 6.46. The van der Waals surface area contributed by atoms with E-state index in [0.717, 1.165) is 43.1 Å². The van der Waals surface area contributed by atoms with Crippen LogP contribution in [0, 0.1) is 6.92 Å². The van der Waals surface area contributed by atoms with Crippen molar-refractivity contribution < 1.29 is 24.2 Å². The maximum Gasteiger partial charge on any atom is 0.295 e. The number of hydrogen-bond donors (Lipinski definition) is 1. The lowest BCUT2D eigenvalue weighted by molar-refractivity contribution is -0.140. The number of para-hydroxylation sites is 1. The maximum absolute atomic E-state index is 13.5. The Hall–Kier alpha value is -3.95. The number of aromatic nitrogens is 2. The number of hydrogen-bond acceptors (Lipinski definition) is 7. The van der Waals surface area contributed by atoms with E-state index in [0.29, 0.717) is 44.0 Å². The number of morpholine rings is 1. The molecule has 1 aromatic heterocycles. The van der Waals surface area contributed by atoms with Crippen LogP contribution >= 0.6 is 0 Å². The molecule has 1 amide bonds. The lowest BCUT2D eigenvalue weighted by atomic mass is 9.95. The molecule has 9 heteroatoms. The van der Waals surface area contributed by atoms with E-state index in [1.54, 1.807) is 15.8 Å². The molecule has 1 atom stereocenters. The molecule has 40 heavy (non-hydrogen) atoms. The van der Waals surface area contributed by atoms with Crippen molar-refractivity contribution in [2.45, 2.75) is 32.7 Å². The minimum atomic E-state index is -0.718. The van der Waals surface area contributed by atoms with Crippen molar-refractivity contribution in [3.8, 4) is 11.4 Å². The van der Waals surface area contributed by atoms with Crippen LogP contribution in [0.1, 0.15) is 42.6 Å². The van der Waals surface area contributed by atoms with Crippen LogP contribution in [-0.4, -0.2) is 82.4 Å². The number of aliphatic hydroxyl groups excluding tert-OH is 1. The van der Waals surface area contributed by atoms with Gasteiger partial charge in [-0.3, -0.25) is 14.5 Å². The van der Waals surface area contributed by atoms with Gasteiger partial charge in [0.2, 0.25) is 0 Å². The number of rotatable bonds is 10. The summed E-state index contributed by atoms with van der Waals surface area (Å²) < 4.78 is 12.9. The van der Waals surface area contributed by atoms with E-state index >= 15 is 0 Å². The molecule has 9 nitrogen and oxygen atoms in total. The Morgan fingerprint density at radius 1 is 1.05 bits per heavy atom. The largest absolute Gasteiger partial charge is 0.507 e. The van der Waals surface area contributed by atoms with E-state index in [4.69, 9.17) is 9.47 Å². The van der Waals surface area contributed by atoms with E-state index in [1.165, 1.54) is 0 Å². The lowest BCUT2D eigenvalue weighted by Crippen LogP contribution is -2.38. The van der Waals surface area contributed by atoms with Gasteiger partial charge in [0.1, 0.15) is 11.5 Å². The van der Waals surface area contributed by atoms with Crippen molar-refractivity contribution >= 4 is 17.4 Å². The molecule has 5 rings (SSSR count). The summed E-state index contributed by atoms with van der Waals surface area (Å²) in [4.78, 5) is 30.8. The van der Waals surface area contributed by atoms with Gasteiger partial charge in [-0.15, -0.1) is 0 Å². The number of carbonyl (C=O) groups excluding carboxylic acids is 2. The summed E-state index contributed by atoms with van der Waals surface area (Å²) in [5.41, 5.74) is 2.74. The quantitative estimate of drug-likeness (QED) is 0.233. The maximum atomic E-state index is 13.5. The van der Waals surface area contributed by atoms with Gasteiger partial charge in [0.25, 0.3) is 11.7 Å². The standard InChI is InChI=1S/C31H36N4O5/c1-3-18-40-25-12-10-23(11-13-25)28-27(29(36)26-21-32-35(22(26)2)24-8-5-4-6-9-24)30(37)31(38)34(28)15-7-14-33-16-19-39-20-17-33/h4-6,8-13,21,28,36H,3,7,14-20H2,1-2H3. The number of ether oxygens (including phenoxy) is 2. The van der Waals surface area contributed by atoms with Crippen molar-refractivity contribution in [1.29, 1.82) is 0 Å². The van der Waals surface area contributed by atoms with E-state index < -0.39 is 17.7 Å². The van der Waals surface area contributed by atoms with Crippen LogP contribution < -0.4 is 4.74 Å². The molecule has 0 radical (unpaired) electrons. The highest BCUT2D eigenvalue weighted by Crippen LogP contribution is 2.40. The number of nitrogens with zero attached hydrogens (tertiary/aromatic N) is 4. The molecule has 1 N–H and O–H groups in total. The molecule has 2 saturated heterocycles. The third-order valence-electron chi connectivity index (χ3n) is 7.45. The van der Waals surface area contributed by atoms with Crippen LogP contribution in [0.5, 0.6) is 5.75 Å². The molecule has 0 aliphatic carbocycles. The predicted molar refractivity (Wildman–Crippen MR) is 151 cm³/mol. The van der Waals surface area contributed by atoms with Crippen molar-refractivity contribution in [2.24, 2.45) is 0 Å². The zero-order valence-corrected chi connectivity index (χ0v) is 23.1. The summed E-state index contributed by atoms with van der Waals surface area (Å²) in [5, 5.41) is 16.0. The van der Waals surface area contributed by atoms with Gasteiger partial charge in [0, 0.05) is 26.2 Å². The summed E-state index contributed by atoms with van der Waals surface area (Å²) in [5.74, 6) is -0.792. The lowest BCUT2D eigenvalue weighted by Gasteiger charge is -2.29. The number of ketones is 1. The van der Waals surface area contributed by atoms with Crippen molar-refractivity contribution in [2.75, 3.05) is 46.0 Å². The summed E-state index contributed by atoms with van der Waals surface area (Å²) in [6.07, 6.45) is 3.13. The number of benzene rings is 2. The Balaban J connectivity index is 1.49. The van der Waals surface area contributed by atoms with E-state index in [9.17, 15) is 14.7 Å². The molecule has 0 saturated carbocycles. The zero-order valence-electron chi connectivity index (χ0n) is 23.1. The molecule has 1 unspecified atom stereocenters. The Kier molecular flexibility index (Phi) is 8.62. The van der Waals surface area contributed by atoms with Gasteiger partial charge in [-0.1, -0.05) is 37.3 Å². The second-order valence-electron chi connectivity index (χ2n) is 10.1. The van der Waals surface area contributed by atoms with Gasteiger partial charge in [-0.05, 0) is 49.6 Å². The number of Topliss-reactive ketones (excluding diaryl/α,β-unsaturated/α-hetero) is 1. The SMILES string of the molecule is CCCOc1ccc(C2C(=C(O)c3cnn(-c4ccccc4)c3C)C(=O)C(=O)N2CCCN2CCOCC2)cc1. The first-order valence-electron chi connectivity index (χ1n) is 13.9. The Labute approximate surface area is 234 Å². The van der Waals surface area contributed by atoms with Gasteiger partial charge >= 0.3 is 0 Å². The van der Waals surface area contributed by atoms with Crippen molar-refractivity contribution in [3.05, 3.63) is 83.2 Å². The molecular formula is C31H36N4O5.